The highest BCUT2D eigenvalue weighted by atomic mass is 32.2. The van der Waals surface area contributed by atoms with Gasteiger partial charge in [0.15, 0.2) is 0 Å². The van der Waals surface area contributed by atoms with Crippen molar-refractivity contribution in [2.45, 2.75) is 32.7 Å². The Morgan fingerprint density at radius 2 is 2.17 bits per heavy atom. The van der Waals surface area contributed by atoms with E-state index in [9.17, 15) is 0 Å². The van der Waals surface area contributed by atoms with Crippen molar-refractivity contribution in [3.8, 4) is 5.75 Å². The first kappa shape index (κ1) is 15.4. The molecule has 3 heteroatoms. The lowest BCUT2D eigenvalue weighted by atomic mass is 10.0. The minimum atomic E-state index is 0.396. The van der Waals surface area contributed by atoms with Crippen LogP contribution < -0.4 is 10.1 Å². The molecule has 102 valence electrons. The number of benzene rings is 1. The second-order valence-electron chi connectivity index (χ2n) is 4.53. The van der Waals surface area contributed by atoms with E-state index in [-0.39, 0.29) is 0 Å². The highest BCUT2D eigenvalue weighted by molar-refractivity contribution is 7.98. The number of methoxy groups -OCH3 is 1. The van der Waals surface area contributed by atoms with E-state index in [2.05, 4.69) is 43.6 Å². The third kappa shape index (κ3) is 4.54. The zero-order valence-electron chi connectivity index (χ0n) is 12.0. The van der Waals surface area contributed by atoms with Gasteiger partial charge in [-0.25, -0.2) is 0 Å². The van der Waals surface area contributed by atoms with Gasteiger partial charge < -0.3 is 10.1 Å². The molecule has 0 radical (unpaired) electrons. The van der Waals surface area contributed by atoms with Gasteiger partial charge in [-0.3, -0.25) is 0 Å². The van der Waals surface area contributed by atoms with Crippen LogP contribution in [0.3, 0.4) is 0 Å². The molecule has 1 rings (SSSR count). The van der Waals surface area contributed by atoms with E-state index in [1.807, 2.05) is 11.8 Å². The SMILES string of the molecule is CCCNC(CCSC)c1cc(C)ccc1OC. The van der Waals surface area contributed by atoms with Crippen molar-refractivity contribution in [2.75, 3.05) is 25.7 Å². The third-order valence-corrected chi connectivity index (χ3v) is 3.66. The standard InChI is InChI=1S/C15H25NOS/c1-5-9-16-14(8-10-18-4)13-11-12(2)6-7-15(13)17-3/h6-7,11,14,16H,5,8-10H2,1-4H3. The van der Waals surface area contributed by atoms with Gasteiger partial charge in [0.1, 0.15) is 5.75 Å². The molecule has 0 fully saturated rings. The van der Waals surface area contributed by atoms with Crippen molar-refractivity contribution >= 4 is 11.8 Å². The lowest BCUT2D eigenvalue weighted by Gasteiger charge is -2.21. The fraction of sp³-hybridized carbons (Fsp3) is 0.600. The van der Waals surface area contributed by atoms with Gasteiger partial charge in [0.05, 0.1) is 7.11 Å². The van der Waals surface area contributed by atoms with E-state index in [1.165, 1.54) is 16.9 Å². The van der Waals surface area contributed by atoms with Crippen LogP contribution in [0.25, 0.3) is 0 Å². The number of aryl methyl sites for hydroxylation is 1. The smallest absolute Gasteiger partial charge is 0.123 e. The minimum Gasteiger partial charge on any atom is -0.496 e. The van der Waals surface area contributed by atoms with Gasteiger partial charge in [-0.1, -0.05) is 24.6 Å². The first-order valence-electron chi connectivity index (χ1n) is 6.59. The fourth-order valence-electron chi connectivity index (χ4n) is 2.05. The van der Waals surface area contributed by atoms with Crippen LogP contribution in [0.1, 0.15) is 36.9 Å². The summed E-state index contributed by atoms with van der Waals surface area (Å²) >= 11 is 1.89. The van der Waals surface area contributed by atoms with Crippen LogP contribution in [-0.2, 0) is 0 Å². The van der Waals surface area contributed by atoms with Crippen molar-refractivity contribution in [3.05, 3.63) is 29.3 Å². The van der Waals surface area contributed by atoms with Crippen LogP contribution in [0.2, 0.25) is 0 Å². The highest BCUT2D eigenvalue weighted by Crippen LogP contribution is 2.29. The van der Waals surface area contributed by atoms with Gasteiger partial charge in [0, 0.05) is 11.6 Å². The molecule has 18 heavy (non-hydrogen) atoms. The Morgan fingerprint density at radius 3 is 2.78 bits per heavy atom. The Labute approximate surface area is 116 Å². The Balaban J connectivity index is 2.90. The van der Waals surface area contributed by atoms with Crippen LogP contribution in [0.4, 0.5) is 0 Å². The highest BCUT2D eigenvalue weighted by Gasteiger charge is 2.15. The largest absolute Gasteiger partial charge is 0.496 e. The van der Waals surface area contributed by atoms with E-state index in [0.29, 0.717) is 6.04 Å². The van der Waals surface area contributed by atoms with E-state index in [0.717, 1.165) is 25.1 Å². The lowest BCUT2D eigenvalue weighted by Crippen LogP contribution is -2.23. The Hall–Kier alpha value is -0.670. The first-order chi connectivity index (χ1) is 8.72. The Morgan fingerprint density at radius 1 is 1.39 bits per heavy atom. The maximum Gasteiger partial charge on any atom is 0.123 e. The van der Waals surface area contributed by atoms with Crippen LogP contribution in [-0.4, -0.2) is 25.7 Å². The molecular weight excluding hydrogens is 242 g/mol. The van der Waals surface area contributed by atoms with E-state index in [4.69, 9.17) is 4.74 Å². The topological polar surface area (TPSA) is 21.3 Å². The van der Waals surface area contributed by atoms with Crippen molar-refractivity contribution < 1.29 is 4.74 Å². The summed E-state index contributed by atoms with van der Waals surface area (Å²) in [4.78, 5) is 0. The summed E-state index contributed by atoms with van der Waals surface area (Å²) in [5, 5.41) is 3.63. The van der Waals surface area contributed by atoms with E-state index < -0.39 is 0 Å². The molecule has 0 aliphatic rings. The fourth-order valence-corrected chi connectivity index (χ4v) is 2.52. The number of hydrogen-bond donors (Lipinski definition) is 1. The molecule has 0 aliphatic heterocycles. The van der Waals surface area contributed by atoms with Gasteiger partial charge in [-0.05, 0) is 44.4 Å². The predicted octanol–water partition coefficient (Wildman–Crippen LogP) is 3.80. The Kier molecular flexibility index (Phi) is 7.21. The molecule has 1 aromatic rings. The summed E-state index contributed by atoms with van der Waals surface area (Å²) in [6, 6.07) is 6.82. The molecule has 0 saturated carbocycles. The van der Waals surface area contributed by atoms with Crippen molar-refractivity contribution in [2.24, 2.45) is 0 Å². The summed E-state index contributed by atoms with van der Waals surface area (Å²) in [5.74, 6) is 2.16. The van der Waals surface area contributed by atoms with Crippen LogP contribution in [0.15, 0.2) is 18.2 Å². The van der Waals surface area contributed by atoms with Gasteiger partial charge in [0.25, 0.3) is 0 Å². The average molecular weight is 267 g/mol. The summed E-state index contributed by atoms with van der Waals surface area (Å²) in [5.41, 5.74) is 2.58. The summed E-state index contributed by atoms with van der Waals surface area (Å²) in [6.07, 6.45) is 4.45. The molecule has 2 nitrogen and oxygen atoms in total. The molecule has 1 atom stereocenters. The molecule has 0 heterocycles. The number of nitrogens with one attached hydrogen (secondary N) is 1. The number of ether oxygens (including phenoxy) is 1. The Bertz CT molecular complexity index is 346. The molecule has 0 saturated heterocycles. The molecule has 0 aromatic heterocycles. The van der Waals surface area contributed by atoms with Gasteiger partial charge in [0.2, 0.25) is 0 Å². The predicted molar refractivity (Wildman–Crippen MR) is 81.8 cm³/mol. The van der Waals surface area contributed by atoms with E-state index in [1.54, 1.807) is 7.11 Å². The molecule has 1 aromatic carbocycles. The molecular formula is C15H25NOS. The van der Waals surface area contributed by atoms with Crippen molar-refractivity contribution in [1.82, 2.24) is 5.32 Å². The lowest BCUT2D eigenvalue weighted by molar-refractivity contribution is 0.397. The zero-order valence-corrected chi connectivity index (χ0v) is 12.8. The van der Waals surface area contributed by atoms with Crippen molar-refractivity contribution in [3.63, 3.8) is 0 Å². The number of thioether (sulfide) groups is 1. The normalized spacial score (nSPS) is 12.4. The average Bonchev–Trinajstić information content (AvgIpc) is 2.39. The molecule has 0 bridgehead atoms. The summed E-state index contributed by atoms with van der Waals surface area (Å²) < 4.78 is 5.49. The zero-order chi connectivity index (χ0) is 13.4. The van der Waals surface area contributed by atoms with E-state index >= 15 is 0 Å². The second kappa shape index (κ2) is 8.44. The molecule has 0 aliphatic carbocycles. The van der Waals surface area contributed by atoms with Crippen LogP contribution >= 0.6 is 11.8 Å². The van der Waals surface area contributed by atoms with Gasteiger partial charge in [-0.15, -0.1) is 0 Å². The first-order valence-corrected chi connectivity index (χ1v) is 7.99. The third-order valence-electron chi connectivity index (χ3n) is 3.01. The second-order valence-corrected chi connectivity index (χ2v) is 5.52. The summed E-state index contributed by atoms with van der Waals surface area (Å²) in [6.45, 7) is 5.39. The van der Waals surface area contributed by atoms with Gasteiger partial charge in [-0.2, -0.15) is 11.8 Å². The molecule has 0 spiro atoms. The number of rotatable bonds is 8. The summed E-state index contributed by atoms with van der Waals surface area (Å²) in [7, 11) is 1.75. The number of hydrogen-bond acceptors (Lipinski definition) is 3. The quantitative estimate of drug-likeness (QED) is 0.774. The minimum absolute atomic E-state index is 0.396. The molecule has 1 unspecified atom stereocenters. The van der Waals surface area contributed by atoms with Gasteiger partial charge >= 0.3 is 0 Å². The van der Waals surface area contributed by atoms with Crippen LogP contribution in [0.5, 0.6) is 5.75 Å². The van der Waals surface area contributed by atoms with Crippen LogP contribution in [0, 0.1) is 6.92 Å². The van der Waals surface area contributed by atoms with Crippen molar-refractivity contribution in [1.29, 1.82) is 0 Å². The maximum atomic E-state index is 5.49. The molecule has 1 N–H and O–H groups in total. The molecule has 0 amide bonds. The maximum absolute atomic E-state index is 5.49. The monoisotopic (exact) mass is 267 g/mol.